The maximum atomic E-state index is 12.4. The number of nitrogens with one attached hydrogen (secondary N) is 3. The molecule has 0 saturated heterocycles. The summed E-state index contributed by atoms with van der Waals surface area (Å²) in [4.78, 5) is 58.3. The van der Waals surface area contributed by atoms with Gasteiger partial charge in [-0.05, 0) is 13.3 Å². The van der Waals surface area contributed by atoms with Crippen LogP contribution >= 0.6 is 12.6 Å². The molecule has 5 unspecified atom stereocenters. The van der Waals surface area contributed by atoms with Crippen molar-refractivity contribution < 1.29 is 44.4 Å². The highest BCUT2D eigenvalue weighted by molar-refractivity contribution is 7.80. The number of hydrogen-bond acceptors (Lipinski definition) is 9. The zero-order chi connectivity index (χ0) is 22.7. The van der Waals surface area contributed by atoms with E-state index in [0.29, 0.717) is 0 Å². The number of amides is 3. The number of carbonyl (C=O) groups excluding carboxylic acids is 3. The van der Waals surface area contributed by atoms with Crippen molar-refractivity contribution in [3.05, 3.63) is 0 Å². The number of aliphatic carboxylic acids is 2. The first kappa shape index (κ1) is 26.6. The second-order valence-electron chi connectivity index (χ2n) is 6.09. The number of aliphatic hydroxyl groups excluding tert-OH is 2. The number of nitrogens with two attached hydrogens (primary N) is 1. The molecule has 0 fully saturated rings. The Morgan fingerprint density at radius 3 is 1.93 bits per heavy atom. The number of carboxylic acids is 2. The molecule has 0 aliphatic carbocycles. The van der Waals surface area contributed by atoms with Crippen LogP contribution in [0.25, 0.3) is 0 Å². The third-order valence-electron chi connectivity index (χ3n) is 3.67. The van der Waals surface area contributed by atoms with E-state index in [1.807, 2.05) is 5.32 Å². The average molecular weight is 438 g/mol. The predicted molar refractivity (Wildman–Crippen MR) is 101 cm³/mol. The summed E-state index contributed by atoms with van der Waals surface area (Å²) in [6.07, 6.45) is -2.37. The molecule has 29 heavy (non-hydrogen) atoms. The Hall–Kier alpha value is -2.42. The van der Waals surface area contributed by atoms with Crippen molar-refractivity contribution in [2.45, 2.75) is 50.0 Å². The van der Waals surface area contributed by atoms with Gasteiger partial charge < -0.3 is 42.1 Å². The first-order chi connectivity index (χ1) is 13.4. The fraction of sp³-hybridized carbons (Fsp3) is 0.667. The number of thiol groups is 1. The third-order valence-corrected chi connectivity index (χ3v) is 4.07. The minimum atomic E-state index is -1.67. The summed E-state index contributed by atoms with van der Waals surface area (Å²) in [7, 11) is 0. The number of rotatable bonds is 13. The van der Waals surface area contributed by atoms with Crippen LogP contribution in [0.5, 0.6) is 0 Å². The normalized spacial score (nSPS) is 15.9. The van der Waals surface area contributed by atoms with Gasteiger partial charge in [-0.3, -0.25) is 19.2 Å². The molecule has 0 aromatic rings. The van der Waals surface area contributed by atoms with Crippen LogP contribution in [0.1, 0.15) is 19.8 Å². The molecule has 5 atom stereocenters. The van der Waals surface area contributed by atoms with Crippen LogP contribution in [0.4, 0.5) is 0 Å². The first-order valence-corrected chi connectivity index (χ1v) is 9.08. The number of hydrogen-bond donors (Lipinski definition) is 9. The Morgan fingerprint density at radius 2 is 1.52 bits per heavy atom. The van der Waals surface area contributed by atoms with Crippen LogP contribution in [0, 0.1) is 0 Å². The van der Waals surface area contributed by atoms with E-state index in [0.717, 1.165) is 0 Å². The van der Waals surface area contributed by atoms with Crippen molar-refractivity contribution in [2.24, 2.45) is 5.73 Å². The number of carbonyl (C=O) groups is 5. The van der Waals surface area contributed by atoms with Crippen LogP contribution in [0.2, 0.25) is 0 Å². The molecule has 0 aromatic heterocycles. The molecule has 0 saturated carbocycles. The molecular formula is C15H26N4O9S. The minimum absolute atomic E-state index is 0.0403. The molecule has 0 radical (unpaired) electrons. The molecule has 0 bridgehead atoms. The molecule has 14 heteroatoms. The van der Waals surface area contributed by atoms with Gasteiger partial charge in [-0.15, -0.1) is 0 Å². The van der Waals surface area contributed by atoms with Crippen molar-refractivity contribution in [2.75, 3.05) is 12.4 Å². The van der Waals surface area contributed by atoms with Gasteiger partial charge >= 0.3 is 11.9 Å². The van der Waals surface area contributed by atoms with E-state index in [-0.39, 0.29) is 5.75 Å². The van der Waals surface area contributed by atoms with Crippen molar-refractivity contribution in [3.63, 3.8) is 0 Å². The molecule has 0 aliphatic rings. The molecule has 0 aromatic carbocycles. The lowest BCUT2D eigenvalue weighted by Gasteiger charge is -2.26. The topological polar surface area (TPSA) is 228 Å². The van der Waals surface area contributed by atoms with Crippen molar-refractivity contribution >= 4 is 42.3 Å². The Kier molecular flexibility index (Phi) is 11.8. The van der Waals surface area contributed by atoms with Crippen LogP contribution in [0.15, 0.2) is 0 Å². The second-order valence-corrected chi connectivity index (χ2v) is 6.46. The summed E-state index contributed by atoms with van der Waals surface area (Å²) >= 11 is 3.84. The third kappa shape index (κ3) is 9.56. The zero-order valence-electron chi connectivity index (χ0n) is 15.6. The largest absolute Gasteiger partial charge is 0.481 e. The highest BCUT2D eigenvalue weighted by Gasteiger charge is 2.32. The quantitative estimate of drug-likeness (QED) is 0.127. The van der Waals surface area contributed by atoms with Crippen LogP contribution in [0.3, 0.4) is 0 Å². The number of aliphatic hydroxyl groups is 2. The molecule has 0 heterocycles. The van der Waals surface area contributed by atoms with Gasteiger partial charge in [-0.2, -0.15) is 12.6 Å². The Labute approximate surface area is 171 Å². The van der Waals surface area contributed by atoms with Crippen molar-refractivity contribution in [3.8, 4) is 0 Å². The smallest absolute Gasteiger partial charge is 0.328 e. The summed E-state index contributed by atoms with van der Waals surface area (Å²) in [5.74, 6) is -5.75. The monoisotopic (exact) mass is 438 g/mol. The average Bonchev–Trinajstić information content (AvgIpc) is 2.65. The molecular weight excluding hydrogens is 412 g/mol. The molecule has 9 N–H and O–H groups in total. The lowest BCUT2D eigenvalue weighted by molar-refractivity contribution is -0.144. The molecule has 0 aliphatic heterocycles. The van der Waals surface area contributed by atoms with Gasteiger partial charge in [0.05, 0.1) is 18.8 Å². The molecule has 166 valence electrons. The Balaban J connectivity index is 5.37. The van der Waals surface area contributed by atoms with Gasteiger partial charge in [0, 0.05) is 12.2 Å². The SMILES string of the molecule is CC(O)C(NC(=O)C(N)CS)C(=O)NC(CCC(=O)O)C(=O)NC(CO)C(=O)O. The maximum Gasteiger partial charge on any atom is 0.328 e. The van der Waals surface area contributed by atoms with Gasteiger partial charge in [-0.25, -0.2) is 4.79 Å². The number of carboxylic acid groups (broad SMARTS) is 2. The summed E-state index contributed by atoms with van der Waals surface area (Å²) < 4.78 is 0. The van der Waals surface area contributed by atoms with Gasteiger partial charge in [0.1, 0.15) is 18.1 Å². The van der Waals surface area contributed by atoms with Gasteiger partial charge in [0.15, 0.2) is 0 Å². The van der Waals surface area contributed by atoms with E-state index in [4.69, 9.17) is 21.1 Å². The summed E-state index contributed by atoms with van der Waals surface area (Å²) in [5.41, 5.74) is 5.48. The highest BCUT2D eigenvalue weighted by Crippen LogP contribution is 2.03. The van der Waals surface area contributed by atoms with E-state index in [9.17, 15) is 29.1 Å². The minimum Gasteiger partial charge on any atom is -0.481 e. The molecule has 0 rings (SSSR count). The fourth-order valence-electron chi connectivity index (χ4n) is 2.00. The van der Waals surface area contributed by atoms with Crippen molar-refractivity contribution in [1.82, 2.24) is 16.0 Å². The lowest BCUT2D eigenvalue weighted by atomic mass is 10.1. The van der Waals surface area contributed by atoms with Gasteiger partial charge in [0.2, 0.25) is 17.7 Å². The fourth-order valence-corrected chi connectivity index (χ4v) is 2.17. The van der Waals surface area contributed by atoms with E-state index in [1.54, 1.807) is 0 Å². The predicted octanol–water partition coefficient (Wildman–Crippen LogP) is -3.98. The van der Waals surface area contributed by atoms with E-state index >= 15 is 0 Å². The lowest BCUT2D eigenvalue weighted by Crippen LogP contribution is -2.60. The van der Waals surface area contributed by atoms with E-state index in [2.05, 4.69) is 23.3 Å². The summed E-state index contributed by atoms with van der Waals surface area (Å²) in [6, 6.07) is -5.78. The second kappa shape index (κ2) is 12.9. The summed E-state index contributed by atoms with van der Waals surface area (Å²) in [6.45, 7) is 0.254. The molecule has 3 amide bonds. The Bertz CT molecular complexity index is 617. The molecule has 0 spiro atoms. The van der Waals surface area contributed by atoms with Crippen LogP contribution < -0.4 is 21.7 Å². The van der Waals surface area contributed by atoms with Crippen LogP contribution in [-0.4, -0.2) is 92.7 Å². The first-order valence-electron chi connectivity index (χ1n) is 8.45. The zero-order valence-corrected chi connectivity index (χ0v) is 16.5. The highest BCUT2D eigenvalue weighted by atomic mass is 32.1. The summed E-state index contributed by atoms with van der Waals surface area (Å²) in [5, 5.41) is 42.8. The Morgan fingerprint density at radius 1 is 0.966 bits per heavy atom. The van der Waals surface area contributed by atoms with Crippen LogP contribution in [-0.2, 0) is 24.0 Å². The maximum absolute atomic E-state index is 12.4. The van der Waals surface area contributed by atoms with E-state index in [1.165, 1.54) is 6.92 Å². The van der Waals surface area contributed by atoms with Gasteiger partial charge in [-0.1, -0.05) is 0 Å². The standard InChI is InChI=1S/C15H26N4O9S/c1-6(21)11(19-12(24)7(16)5-29)14(26)17-8(2-3-10(22)23)13(25)18-9(4-20)15(27)28/h6-9,11,20-21,29H,2-5,16H2,1H3,(H,17,26)(H,18,25)(H,19,24)(H,22,23)(H,27,28). The van der Waals surface area contributed by atoms with Crippen molar-refractivity contribution in [1.29, 1.82) is 0 Å². The molecule has 13 nitrogen and oxygen atoms in total. The van der Waals surface area contributed by atoms with Gasteiger partial charge in [0.25, 0.3) is 0 Å². The van der Waals surface area contributed by atoms with E-state index < -0.39 is 79.4 Å².